The van der Waals surface area contributed by atoms with Crippen molar-refractivity contribution in [1.82, 2.24) is 4.90 Å². The molecule has 0 saturated carbocycles. The van der Waals surface area contributed by atoms with Crippen LogP contribution in [0.4, 0.5) is 0 Å². The van der Waals surface area contributed by atoms with Gasteiger partial charge in [0.05, 0.1) is 5.60 Å². The van der Waals surface area contributed by atoms with Crippen molar-refractivity contribution >= 4 is 5.84 Å². The van der Waals surface area contributed by atoms with Gasteiger partial charge in [0.1, 0.15) is 0 Å². The molecule has 0 aromatic heterocycles. The largest absolute Gasteiger partial charge is 0.409 e. The van der Waals surface area contributed by atoms with Gasteiger partial charge in [-0.25, -0.2) is 0 Å². The normalized spacial score (nSPS) is 13.1. The first-order chi connectivity index (χ1) is 8.31. The highest BCUT2D eigenvalue weighted by Crippen LogP contribution is 2.10. The summed E-state index contributed by atoms with van der Waals surface area (Å²) in [6.45, 7) is 4.81. The molecular weight excluding hydrogens is 230 g/mol. The monoisotopic (exact) mass is 251 g/mol. The molecular formula is C13H21N3O2. The van der Waals surface area contributed by atoms with E-state index >= 15 is 0 Å². The average Bonchev–Trinajstić information content (AvgIpc) is 2.25. The molecule has 0 amide bonds. The SMILES string of the molecule is CN(Cc1cccc(C(N)=NO)c1)CC(C)(C)O. The van der Waals surface area contributed by atoms with Gasteiger partial charge in [0.15, 0.2) is 5.84 Å². The Hall–Kier alpha value is -1.59. The van der Waals surface area contributed by atoms with E-state index in [9.17, 15) is 5.11 Å². The first-order valence-electron chi connectivity index (χ1n) is 5.79. The summed E-state index contributed by atoms with van der Waals surface area (Å²) in [6.07, 6.45) is 0. The zero-order valence-electron chi connectivity index (χ0n) is 11.1. The molecule has 0 unspecified atom stereocenters. The van der Waals surface area contributed by atoms with Crippen molar-refractivity contribution < 1.29 is 10.3 Å². The van der Waals surface area contributed by atoms with Crippen molar-refractivity contribution in [3.8, 4) is 0 Å². The van der Waals surface area contributed by atoms with Gasteiger partial charge in [-0.15, -0.1) is 0 Å². The van der Waals surface area contributed by atoms with E-state index in [2.05, 4.69) is 5.16 Å². The highest BCUT2D eigenvalue weighted by molar-refractivity contribution is 5.97. The van der Waals surface area contributed by atoms with Gasteiger partial charge in [-0.1, -0.05) is 23.4 Å². The molecule has 5 heteroatoms. The topological polar surface area (TPSA) is 82.1 Å². The van der Waals surface area contributed by atoms with E-state index in [0.717, 1.165) is 5.56 Å². The quantitative estimate of drug-likeness (QED) is 0.315. The Bertz CT molecular complexity index is 424. The van der Waals surface area contributed by atoms with Crippen LogP contribution >= 0.6 is 0 Å². The van der Waals surface area contributed by atoms with Crippen LogP contribution in [-0.4, -0.2) is 40.2 Å². The maximum Gasteiger partial charge on any atom is 0.170 e. The number of rotatable bonds is 5. The molecule has 0 saturated heterocycles. The number of likely N-dealkylation sites (N-methyl/N-ethyl adjacent to an activating group) is 1. The summed E-state index contributed by atoms with van der Waals surface area (Å²) in [5.41, 5.74) is 6.55. The Balaban J connectivity index is 2.74. The van der Waals surface area contributed by atoms with Crippen LogP contribution in [-0.2, 0) is 6.54 Å². The Morgan fingerprint density at radius 2 is 2.11 bits per heavy atom. The number of nitrogens with two attached hydrogens (primary N) is 1. The van der Waals surface area contributed by atoms with Gasteiger partial charge in [-0.3, -0.25) is 4.90 Å². The van der Waals surface area contributed by atoms with Crippen LogP contribution in [0.1, 0.15) is 25.0 Å². The molecule has 0 aliphatic rings. The molecule has 1 aromatic carbocycles. The summed E-state index contributed by atoms with van der Waals surface area (Å²) in [5, 5.41) is 21.3. The lowest BCUT2D eigenvalue weighted by Gasteiger charge is -2.25. The molecule has 0 spiro atoms. The molecule has 4 N–H and O–H groups in total. The van der Waals surface area contributed by atoms with E-state index < -0.39 is 5.60 Å². The van der Waals surface area contributed by atoms with Crippen LogP contribution in [0.5, 0.6) is 0 Å². The zero-order valence-corrected chi connectivity index (χ0v) is 11.1. The third-order valence-corrected chi connectivity index (χ3v) is 2.44. The van der Waals surface area contributed by atoms with Crippen LogP contribution in [0, 0.1) is 0 Å². The van der Waals surface area contributed by atoms with Crippen molar-refractivity contribution in [2.45, 2.75) is 26.0 Å². The smallest absolute Gasteiger partial charge is 0.170 e. The Morgan fingerprint density at radius 3 is 2.67 bits per heavy atom. The highest BCUT2D eigenvalue weighted by atomic mass is 16.4. The summed E-state index contributed by atoms with van der Waals surface area (Å²) in [5.74, 6) is 0.0991. The van der Waals surface area contributed by atoms with Gasteiger partial charge in [0.25, 0.3) is 0 Å². The molecule has 1 aromatic rings. The van der Waals surface area contributed by atoms with Crippen molar-refractivity contribution in [1.29, 1.82) is 0 Å². The number of oxime groups is 1. The fourth-order valence-electron chi connectivity index (χ4n) is 1.91. The van der Waals surface area contributed by atoms with Crippen LogP contribution in [0.2, 0.25) is 0 Å². The van der Waals surface area contributed by atoms with Crippen LogP contribution in [0.3, 0.4) is 0 Å². The standard InChI is InChI=1S/C13H21N3O2/c1-13(2,17)9-16(3)8-10-5-4-6-11(7-10)12(14)15-18/h4-7,17-18H,8-9H2,1-3H3,(H2,14,15). The lowest BCUT2D eigenvalue weighted by molar-refractivity contribution is 0.0425. The minimum Gasteiger partial charge on any atom is -0.409 e. The molecule has 0 fully saturated rings. The van der Waals surface area contributed by atoms with E-state index in [1.807, 2.05) is 30.1 Å². The van der Waals surface area contributed by atoms with Gasteiger partial charge >= 0.3 is 0 Å². The summed E-state index contributed by atoms with van der Waals surface area (Å²) in [6, 6.07) is 7.49. The predicted molar refractivity (Wildman–Crippen MR) is 71.6 cm³/mol. The first kappa shape index (κ1) is 14.5. The molecule has 0 radical (unpaired) electrons. The summed E-state index contributed by atoms with van der Waals surface area (Å²) in [4.78, 5) is 2.02. The lowest BCUT2D eigenvalue weighted by atomic mass is 10.1. The third-order valence-electron chi connectivity index (χ3n) is 2.44. The van der Waals surface area contributed by atoms with Gasteiger partial charge in [-0.05, 0) is 32.5 Å². The highest BCUT2D eigenvalue weighted by Gasteiger charge is 2.15. The maximum atomic E-state index is 9.73. The molecule has 0 bridgehead atoms. The average molecular weight is 251 g/mol. The van der Waals surface area contributed by atoms with E-state index in [4.69, 9.17) is 10.9 Å². The van der Waals surface area contributed by atoms with Crippen molar-refractivity contribution in [2.75, 3.05) is 13.6 Å². The number of amidine groups is 1. The fraction of sp³-hybridized carbons (Fsp3) is 0.462. The van der Waals surface area contributed by atoms with E-state index in [0.29, 0.717) is 18.7 Å². The summed E-state index contributed by atoms with van der Waals surface area (Å²) >= 11 is 0. The van der Waals surface area contributed by atoms with Crippen LogP contribution < -0.4 is 5.73 Å². The zero-order chi connectivity index (χ0) is 13.8. The molecule has 18 heavy (non-hydrogen) atoms. The van der Waals surface area contributed by atoms with E-state index in [1.54, 1.807) is 19.9 Å². The number of aliphatic hydroxyl groups is 1. The molecule has 1 rings (SSSR count). The number of hydrogen-bond donors (Lipinski definition) is 3. The van der Waals surface area contributed by atoms with Crippen LogP contribution in [0.25, 0.3) is 0 Å². The first-order valence-corrected chi connectivity index (χ1v) is 5.79. The van der Waals surface area contributed by atoms with Gasteiger partial charge in [0, 0.05) is 18.7 Å². The van der Waals surface area contributed by atoms with E-state index in [-0.39, 0.29) is 5.84 Å². The second kappa shape index (κ2) is 5.84. The van der Waals surface area contributed by atoms with Gasteiger partial charge in [0.2, 0.25) is 0 Å². The van der Waals surface area contributed by atoms with E-state index in [1.165, 1.54) is 0 Å². The molecule has 0 heterocycles. The molecule has 0 atom stereocenters. The lowest BCUT2D eigenvalue weighted by Crippen LogP contribution is -2.35. The fourth-order valence-corrected chi connectivity index (χ4v) is 1.91. The van der Waals surface area contributed by atoms with Crippen molar-refractivity contribution in [3.63, 3.8) is 0 Å². The Morgan fingerprint density at radius 1 is 1.44 bits per heavy atom. The summed E-state index contributed by atoms with van der Waals surface area (Å²) < 4.78 is 0. The molecule has 0 aliphatic heterocycles. The van der Waals surface area contributed by atoms with Gasteiger partial charge in [-0.2, -0.15) is 0 Å². The molecule has 5 nitrogen and oxygen atoms in total. The predicted octanol–water partition coefficient (Wildman–Crippen LogP) is 0.984. The second-order valence-corrected chi connectivity index (χ2v) is 5.17. The van der Waals surface area contributed by atoms with Crippen molar-refractivity contribution in [2.24, 2.45) is 10.9 Å². The Labute approximate surface area is 108 Å². The minimum atomic E-state index is -0.724. The summed E-state index contributed by atoms with van der Waals surface area (Å²) in [7, 11) is 1.94. The molecule has 100 valence electrons. The third kappa shape index (κ3) is 4.73. The van der Waals surface area contributed by atoms with Gasteiger partial charge < -0.3 is 16.0 Å². The maximum absolute atomic E-state index is 9.73. The second-order valence-electron chi connectivity index (χ2n) is 5.17. The Kier molecular flexibility index (Phi) is 4.69. The van der Waals surface area contributed by atoms with Crippen LogP contribution in [0.15, 0.2) is 29.4 Å². The number of nitrogens with zero attached hydrogens (tertiary/aromatic N) is 2. The minimum absolute atomic E-state index is 0.0991. The number of benzene rings is 1. The number of hydrogen-bond acceptors (Lipinski definition) is 4. The molecule has 0 aliphatic carbocycles. The van der Waals surface area contributed by atoms with Crippen molar-refractivity contribution in [3.05, 3.63) is 35.4 Å².